The van der Waals surface area contributed by atoms with Crippen LogP contribution in [0.2, 0.25) is 0 Å². The average Bonchev–Trinajstić information content (AvgIpc) is 3.10. The highest BCUT2D eigenvalue weighted by Crippen LogP contribution is 2.27. The van der Waals surface area contributed by atoms with Crippen LogP contribution in [-0.4, -0.2) is 16.0 Å². The maximum Gasteiger partial charge on any atom is 0.229 e. The molecule has 4 N–H and O–H groups in total. The number of rotatable bonds is 4. The number of fused-ring (bicyclic) bond motifs is 1. The highest BCUT2D eigenvalue weighted by atomic mass is 15.2. The van der Waals surface area contributed by atoms with E-state index in [0.717, 1.165) is 28.1 Å². The van der Waals surface area contributed by atoms with Gasteiger partial charge >= 0.3 is 0 Å². The van der Waals surface area contributed by atoms with Gasteiger partial charge in [-0.3, -0.25) is 0 Å². The van der Waals surface area contributed by atoms with Crippen molar-refractivity contribution in [3.8, 4) is 0 Å². The summed E-state index contributed by atoms with van der Waals surface area (Å²) in [5.41, 5.74) is 8.34. The van der Waals surface area contributed by atoms with Gasteiger partial charge in [-0.05, 0) is 49.2 Å². The monoisotopic (exact) mass is 319 g/mol. The van der Waals surface area contributed by atoms with Gasteiger partial charge in [-0.15, -0.1) is 0 Å². The van der Waals surface area contributed by atoms with E-state index in [-0.39, 0.29) is 0 Å². The van der Waals surface area contributed by atoms with Gasteiger partial charge in [0.15, 0.2) is 0 Å². The smallest absolute Gasteiger partial charge is 0.229 e. The molecule has 4 rings (SSSR count). The standard InChI is InChI=1S/C19H21N5/c20-13-9-11-15(12-10-13)22-19-23-17-8-4-3-7-16(17)18(24-19)21-14-5-1-2-6-14/h3-4,7-12,14H,1-2,5-6,20H2,(H2,21,22,23,24). The van der Waals surface area contributed by atoms with Crippen molar-refractivity contribution in [3.05, 3.63) is 48.5 Å². The summed E-state index contributed by atoms with van der Waals surface area (Å²) in [6, 6.07) is 16.2. The fourth-order valence-corrected chi connectivity index (χ4v) is 3.20. The van der Waals surface area contributed by atoms with Crippen LogP contribution in [0.4, 0.5) is 23.1 Å². The molecule has 0 amide bonds. The van der Waals surface area contributed by atoms with Crippen molar-refractivity contribution in [3.63, 3.8) is 0 Å². The first-order valence-corrected chi connectivity index (χ1v) is 8.44. The van der Waals surface area contributed by atoms with Crippen LogP contribution in [0.5, 0.6) is 0 Å². The lowest BCUT2D eigenvalue weighted by atomic mass is 10.2. The molecule has 0 aliphatic heterocycles. The third kappa shape index (κ3) is 3.11. The van der Waals surface area contributed by atoms with E-state index in [2.05, 4.69) is 21.7 Å². The molecular weight excluding hydrogens is 298 g/mol. The summed E-state index contributed by atoms with van der Waals surface area (Å²) < 4.78 is 0. The van der Waals surface area contributed by atoms with E-state index in [1.807, 2.05) is 42.5 Å². The van der Waals surface area contributed by atoms with Crippen molar-refractivity contribution >= 4 is 34.0 Å². The molecule has 0 radical (unpaired) electrons. The second-order valence-corrected chi connectivity index (χ2v) is 6.29. The Morgan fingerprint density at radius 3 is 2.46 bits per heavy atom. The molecule has 3 aromatic rings. The molecule has 1 heterocycles. The quantitative estimate of drug-likeness (QED) is 0.625. The Labute approximate surface area is 141 Å². The van der Waals surface area contributed by atoms with E-state index in [9.17, 15) is 0 Å². The molecule has 1 aliphatic rings. The van der Waals surface area contributed by atoms with E-state index >= 15 is 0 Å². The molecule has 0 spiro atoms. The molecule has 5 heteroatoms. The first kappa shape index (κ1) is 14.8. The number of benzene rings is 2. The minimum atomic E-state index is 0.507. The number of hydrogen-bond donors (Lipinski definition) is 3. The van der Waals surface area contributed by atoms with Gasteiger partial charge in [0, 0.05) is 22.8 Å². The summed E-state index contributed by atoms with van der Waals surface area (Å²) in [6.45, 7) is 0. The van der Waals surface area contributed by atoms with E-state index in [0.29, 0.717) is 12.0 Å². The zero-order valence-corrected chi connectivity index (χ0v) is 13.5. The molecule has 0 atom stereocenters. The van der Waals surface area contributed by atoms with Gasteiger partial charge in [-0.2, -0.15) is 4.98 Å². The van der Waals surface area contributed by atoms with Crippen molar-refractivity contribution in [2.45, 2.75) is 31.7 Å². The molecule has 0 bridgehead atoms. The predicted octanol–water partition coefficient (Wildman–Crippen LogP) is 4.31. The van der Waals surface area contributed by atoms with E-state index in [4.69, 9.17) is 10.7 Å². The van der Waals surface area contributed by atoms with Gasteiger partial charge in [0.2, 0.25) is 5.95 Å². The van der Waals surface area contributed by atoms with Crippen LogP contribution in [0, 0.1) is 0 Å². The van der Waals surface area contributed by atoms with Crippen LogP contribution in [0.15, 0.2) is 48.5 Å². The van der Waals surface area contributed by atoms with Crippen LogP contribution in [0.3, 0.4) is 0 Å². The number of para-hydroxylation sites is 1. The summed E-state index contributed by atoms with van der Waals surface area (Å²) in [5.74, 6) is 1.50. The maximum absolute atomic E-state index is 5.74. The van der Waals surface area contributed by atoms with Gasteiger partial charge in [0.1, 0.15) is 5.82 Å². The van der Waals surface area contributed by atoms with E-state index < -0.39 is 0 Å². The summed E-state index contributed by atoms with van der Waals surface area (Å²) in [6.07, 6.45) is 4.99. The molecule has 0 unspecified atom stereocenters. The van der Waals surface area contributed by atoms with Crippen LogP contribution in [0.1, 0.15) is 25.7 Å². The largest absolute Gasteiger partial charge is 0.399 e. The number of hydrogen-bond acceptors (Lipinski definition) is 5. The van der Waals surface area contributed by atoms with Crippen molar-refractivity contribution in [1.82, 2.24) is 9.97 Å². The Morgan fingerprint density at radius 1 is 0.917 bits per heavy atom. The summed E-state index contributed by atoms with van der Waals surface area (Å²) in [7, 11) is 0. The molecule has 24 heavy (non-hydrogen) atoms. The van der Waals surface area contributed by atoms with Crippen LogP contribution in [0.25, 0.3) is 10.9 Å². The van der Waals surface area contributed by atoms with Crippen molar-refractivity contribution in [2.75, 3.05) is 16.4 Å². The maximum atomic E-state index is 5.74. The van der Waals surface area contributed by atoms with Crippen LogP contribution < -0.4 is 16.4 Å². The Morgan fingerprint density at radius 2 is 1.67 bits per heavy atom. The first-order chi connectivity index (χ1) is 11.8. The lowest BCUT2D eigenvalue weighted by Crippen LogP contribution is -2.16. The van der Waals surface area contributed by atoms with E-state index in [1.165, 1.54) is 25.7 Å². The number of nitrogen functional groups attached to an aromatic ring is 1. The molecule has 1 aliphatic carbocycles. The molecule has 1 aromatic heterocycles. The van der Waals surface area contributed by atoms with Gasteiger partial charge in [-0.25, -0.2) is 4.98 Å². The molecular formula is C19H21N5. The molecule has 5 nitrogen and oxygen atoms in total. The highest BCUT2D eigenvalue weighted by Gasteiger charge is 2.17. The number of nitrogens with zero attached hydrogens (tertiary/aromatic N) is 2. The Hall–Kier alpha value is -2.82. The summed E-state index contributed by atoms with van der Waals surface area (Å²) in [5, 5.41) is 7.94. The molecule has 2 aromatic carbocycles. The molecule has 1 fully saturated rings. The number of anilines is 4. The second-order valence-electron chi connectivity index (χ2n) is 6.29. The zero-order chi connectivity index (χ0) is 16.4. The Kier molecular flexibility index (Phi) is 3.91. The highest BCUT2D eigenvalue weighted by molar-refractivity contribution is 5.90. The topological polar surface area (TPSA) is 75.9 Å². The normalized spacial score (nSPS) is 14.8. The van der Waals surface area contributed by atoms with Gasteiger partial charge in [-0.1, -0.05) is 25.0 Å². The third-order valence-electron chi connectivity index (χ3n) is 4.47. The van der Waals surface area contributed by atoms with Crippen molar-refractivity contribution < 1.29 is 0 Å². The Bertz CT molecular complexity index is 838. The summed E-state index contributed by atoms with van der Waals surface area (Å²) >= 11 is 0. The molecule has 0 saturated heterocycles. The number of aromatic nitrogens is 2. The van der Waals surface area contributed by atoms with E-state index in [1.54, 1.807) is 0 Å². The molecule has 1 saturated carbocycles. The number of nitrogens with two attached hydrogens (primary N) is 1. The predicted molar refractivity (Wildman–Crippen MR) is 99.6 cm³/mol. The minimum absolute atomic E-state index is 0.507. The zero-order valence-electron chi connectivity index (χ0n) is 13.5. The van der Waals surface area contributed by atoms with Gasteiger partial charge in [0.05, 0.1) is 5.52 Å². The fraction of sp³-hybridized carbons (Fsp3) is 0.263. The van der Waals surface area contributed by atoms with Gasteiger partial charge in [0.25, 0.3) is 0 Å². The summed E-state index contributed by atoms with van der Waals surface area (Å²) in [4.78, 5) is 9.35. The van der Waals surface area contributed by atoms with Crippen LogP contribution in [-0.2, 0) is 0 Å². The number of nitrogens with one attached hydrogen (secondary N) is 2. The SMILES string of the molecule is Nc1ccc(Nc2nc(NC3CCCC3)c3ccccc3n2)cc1. The van der Waals surface area contributed by atoms with Crippen molar-refractivity contribution in [2.24, 2.45) is 0 Å². The first-order valence-electron chi connectivity index (χ1n) is 8.44. The van der Waals surface area contributed by atoms with Crippen LogP contribution >= 0.6 is 0 Å². The lowest BCUT2D eigenvalue weighted by molar-refractivity contribution is 0.752. The third-order valence-corrected chi connectivity index (χ3v) is 4.47. The average molecular weight is 319 g/mol. The lowest BCUT2D eigenvalue weighted by Gasteiger charge is -2.16. The fourth-order valence-electron chi connectivity index (χ4n) is 3.20. The van der Waals surface area contributed by atoms with Crippen molar-refractivity contribution in [1.29, 1.82) is 0 Å². The van der Waals surface area contributed by atoms with Gasteiger partial charge < -0.3 is 16.4 Å². The minimum Gasteiger partial charge on any atom is -0.399 e. The molecule has 122 valence electrons. The Balaban J connectivity index is 1.68. The second kappa shape index (κ2) is 6.35.